The number of aryl methyl sites for hydroxylation is 1. The molecule has 2 amide bonds. The Morgan fingerprint density at radius 1 is 1.09 bits per heavy atom. The van der Waals surface area contributed by atoms with E-state index in [-0.39, 0.29) is 30.0 Å². The molecule has 2 aromatic rings. The van der Waals surface area contributed by atoms with E-state index in [9.17, 15) is 9.59 Å². The van der Waals surface area contributed by atoms with E-state index in [0.29, 0.717) is 24.3 Å². The number of nitrogens with zero attached hydrogens (tertiary/aromatic N) is 1. The van der Waals surface area contributed by atoms with Crippen LogP contribution < -0.4 is 9.16 Å². The fraction of sp³-hybridized carbons (Fsp3) is 0.462. The molecule has 2 aromatic carbocycles. The molecule has 1 saturated heterocycles. The largest absolute Gasteiger partial charge is 0.541 e. The van der Waals surface area contributed by atoms with E-state index >= 15 is 0 Å². The molecule has 0 saturated carbocycles. The van der Waals surface area contributed by atoms with Crippen molar-refractivity contribution in [2.24, 2.45) is 0 Å². The van der Waals surface area contributed by atoms with Crippen molar-refractivity contribution in [2.75, 3.05) is 13.7 Å². The Kier molecular flexibility index (Phi) is 7.52. The fourth-order valence-corrected chi connectivity index (χ4v) is 4.57. The zero-order valence-corrected chi connectivity index (χ0v) is 21.5. The highest BCUT2D eigenvalue weighted by Crippen LogP contribution is 2.40. The lowest BCUT2D eigenvalue weighted by Crippen LogP contribution is -2.44. The van der Waals surface area contributed by atoms with Crippen LogP contribution >= 0.6 is 0 Å². The molecule has 1 heterocycles. The van der Waals surface area contributed by atoms with Gasteiger partial charge in [-0.25, -0.2) is 9.69 Å². The van der Waals surface area contributed by atoms with Crippen LogP contribution in [0.5, 0.6) is 11.5 Å². The Morgan fingerprint density at radius 2 is 1.79 bits per heavy atom. The number of ether oxygens (including phenoxy) is 2. The summed E-state index contributed by atoms with van der Waals surface area (Å²) in [6, 6.07) is 15.3. The van der Waals surface area contributed by atoms with Gasteiger partial charge in [0.1, 0.15) is 12.4 Å². The molecule has 178 valence electrons. The average Bonchev–Trinajstić information content (AvgIpc) is 3.11. The molecule has 0 radical (unpaired) electrons. The standard InChI is InChI=1S/C26H35NO5Si/c1-26(2,3)33(5,6)32-23-17-20(12-14-22(23)30-4)13-15-24(28)27-21(18-31-25(27)29)16-19-10-8-7-9-11-19/h7-12,14,17,21H,13,15-16,18H2,1-6H3/t21-/m0/s1. The Morgan fingerprint density at radius 3 is 2.42 bits per heavy atom. The van der Waals surface area contributed by atoms with Crippen molar-refractivity contribution < 1.29 is 23.5 Å². The molecule has 3 rings (SSSR count). The van der Waals surface area contributed by atoms with E-state index in [1.165, 1.54) is 4.90 Å². The molecule has 0 aromatic heterocycles. The number of amides is 2. The molecule has 0 bridgehead atoms. The van der Waals surface area contributed by atoms with E-state index in [4.69, 9.17) is 13.9 Å². The second kappa shape index (κ2) is 9.99. The minimum Gasteiger partial charge on any atom is -0.541 e. The minimum absolute atomic E-state index is 0.0495. The predicted molar refractivity (Wildman–Crippen MR) is 131 cm³/mol. The monoisotopic (exact) mass is 469 g/mol. The van der Waals surface area contributed by atoms with Gasteiger partial charge in [0.05, 0.1) is 13.2 Å². The molecule has 0 spiro atoms. The Hall–Kier alpha value is -2.80. The number of hydrogen-bond acceptors (Lipinski definition) is 5. The maximum Gasteiger partial charge on any atom is 0.416 e. The van der Waals surface area contributed by atoms with Crippen LogP contribution in [0.15, 0.2) is 48.5 Å². The van der Waals surface area contributed by atoms with Gasteiger partial charge in [-0.05, 0) is 54.2 Å². The predicted octanol–water partition coefficient (Wildman–Crippen LogP) is 5.60. The Balaban J connectivity index is 1.69. The third-order valence-electron chi connectivity index (χ3n) is 6.57. The summed E-state index contributed by atoms with van der Waals surface area (Å²) in [6.07, 6.45) is 0.744. The maximum absolute atomic E-state index is 13.0. The number of rotatable bonds is 8. The number of carbonyl (C=O) groups excluding carboxylic acids is 2. The topological polar surface area (TPSA) is 65.1 Å². The lowest BCUT2D eigenvalue weighted by molar-refractivity contribution is -0.129. The molecule has 7 heteroatoms. The van der Waals surface area contributed by atoms with E-state index < -0.39 is 14.4 Å². The van der Waals surface area contributed by atoms with Gasteiger partial charge in [0.15, 0.2) is 5.75 Å². The number of benzene rings is 2. The van der Waals surface area contributed by atoms with Crippen LogP contribution in [-0.4, -0.2) is 45.0 Å². The van der Waals surface area contributed by atoms with Crippen LogP contribution in [0.2, 0.25) is 18.1 Å². The van der Waals surface area contributed by atoms with Gasteiger partial charge in [0.2, 0.25) is 5.91 Å². The summed E-state index contributed by atoms with van der Waals surface area (Å²) >= 11 is 0. The van der Waals surface area contributed by atoms with Gasteiger partial charge in [-0.2, -0.15) is 0 Å². The van der Waals surface area contributed by atoms with Crippen LogP contribution in [0.1, 0.15) is 38.3 Å². The molecule has 1 aliphatic heterocycles. The first kappa shape index (κ1) is 24.8. The van der Waals surface area contributed by atoms with Crippen LogP contribution in [0, 0.1) is 0 Å². The van der Waals surface area contributed by atoms with Crippen molar-refractivity contribution in [3.05, 3.63) is 59.7 Å². The zero-order valence-electron chi connectivity index (χ0n) is 20.5. The Labute approximate surface area is 198 Å². The summed E-state index contributed by atoms with van der Waals surface area (Å²) < 4.78 is 17.2. The van der Waals surface area contributed by atoms with Crippen molar-refractivity contribution >= 4 is 20.3 Å². The summed E-state index contributed by atoms with van der Waals surface area (Å²) in [5.74, 6) is 1.17. The fourth-order valence-electron chi connectivity index (χ4n) is 3.56. The maximum atomic E-state index is 13.0. The number of cyclic esters (lactones) is 1. The molecule has 0 aliphatic carbocycles. The quantitative estimate of drug-likeness (QED) is 0.471. The van der Waals surface area contributed by atoms with Crippen molar-refractivity contribution in [2.45, 2.75) is 64.2 Å². The van der Waals surface area contributed by atoms with Gasteiger partial charge in [0, 0.05) is 6.42 Å². The molecule has 1 atom stereocenters. The summed E-state index contributed by atoms with van der Waals surface area (Å²) in [5.41, 5.74) is 2.03. The second-order valence-corrected chi connectivity index (χ2v) is 14.8. The van der Waals surface area contributed by atoms with Gasteiger partial charge < -0.3 is 13.9 Å². The molecule has 1 fully saturated rings. The molecule has 6 nitrogen and oxygen atoms in total. The first-order valence-corrected chi connectivity index (χ1v) is 14.3. The molecule has 1 aliphatic rings. The number of carbonyl (C=O) groups is 2. The zero-order chi connectivity index (χ0) is 24.2. The summed E-state index contributed by atoms with van der Waals surface area (Å²) in [7, 11) is -0.426. The van der Waals surface area contributed by atoms with Crippen LogP contribution in [0.3, 0.4) is 0 Å². The first-order chi connectivity index (χ1) is 15.5. The second-order valence-electron chi connectivity index (χ2n) is 10.0. The van der Waals surface area contributed by atoms with Crippen molar-refractivity contribution in [1.29, 1.82) is 0 Å². The van der Waals surface area contributed by atoms with E-state index in [1.807, 2.05) is 48.5 Å². The van der Waals surface area contributed by atoms with Crippen molar-refractivity contribution in [1.82, 2.24) is 4.90 Å². The SMILES string of the molecule is COc1ccc(CCC(=O)N2C(=O)OC[C@@H]2Cc2ccccc2)cc1O[Si](C)(C)C(C)(C)C. The summed E-state index contributed by atoms with van der Waals surface area (Å²) in [4.78, 5) is 26.5. The van der Waals surface area contributed by atoms with Gasteiger partial charge >= 0.3 is 6.09 Å². The normalized spacial score (nSPS) is 16.5. The van der Waals surface area contributed by atoms with Gasteiger partial charge in [-0.3, -0.25) is 4.79 Å². The van der Waals surface area contributed by atoms with Crippen LogP contribution in [0.4, 0.5) is 4.79 Å². The molecular weight excluding hydrogens is 434 g/mol. The summed E-state index contributed by atoms with van der Waals surface area (Å²) in [6.45, 7) is 11.2. The highest BCUT2D eigenvalue weighted by atomic mass is 28.4. The average molecular weight is 470 g/mol. The Bertz CT molecular complexity index is 984. The number of methoxy groups -OCH3 is 1. The van der Waals surface area contributed by atoms with Gasteiger partial charge in [0.25, 0.3) is 8.32 Å². The smallest absolute Gasteiger partial charge is 0.416 e. The molecule has 0 unspecified atom stereocenters. The molecular formula is C26H35NO5Si. The number of hydrogen-bond donors (Lipinski definition) is 0. The highest BCUT2D eigenvalue weighted by Gasteiger charge is 2.40. The molecule has 33 heavy (non-hydrogen) atoms. The van der Waals surface area contributed by atoms with Crippen LogP contribution in [0.25, 0.3) is 0 Å². The lowest BCUT2D eigenvalue weighted by Gasteiger charge is -2.36. The summed E-state index contributed by atoms with van der Waals surface area (Å²) in [5, 5.41) is 0.0495. The van der Waals surface area contributed by atoms with E-state index in [1.54, 1.807) is 7.11 Å². The third-order valence-corrected chi connectivity index (χ3v) is 10.9. The van der Waals surface area contributed by atoms with Gasteiger partial charge in [-0.15, -0.1) is 0 Å². The van der Waals surface area contributed by atoms with Crippen LogP contribution in [-0.2, 0) is 22.4 Å². The van der Waals surface area contributed by atoms with E-state index in [2.05, 4.69) is 33.9 Å². The van der Waals surface area contributed by atoms with Crippen molar-refractivity contribution in [3.8, 4) is 11.5 Å². The van der Waals surface area contributed by atoms with E-state index in [0.717, 1.165) is 11.1 Å². The third kappa shape index (κ3) is 5.96. The lowest BCUT2D eigenvalue weighted by atomic mass is 10.0. The first-order valence-electron chi connectivity index (χ1n) is 11.4. The van der Waals surface area contributed by atoms with Crippen molar-refractivity contribution in [3.63, 3.8) is 0 Å². The highest BCUT2D eigenvalue weighted by molar-refractivity contribution is 6.74. The molecule has 0 N–H and O–H groups in total. The minimum atomic E-state index is -2.05. The van der Waals surface area contributed by atoms with Gasteiger partial charge in [-0.1, -0.05) is 57.2 Å². The number of imide groups is 1.